The molecule has 1 aromatic rings. The highest BCUT2D eigenvalue weighted by atomic mass is 79.9. The Bertz CT molecular complexity index is 224. The second-order valence-electron chi connectivity index (χ2n) is 2.82. The summed E-state index contributed by atoms with van der Waals surface area (Å²) in [6, 6.07) is 0. The zero-order chi connectivity index (χ0) is 9.46. The molecule has 0 aliphatic rings. The summed E-state index contributed by atoms with van der Waals surface area (Å²) in [5.74, 6) is 0. The lowest BCUT2D eigenvalue weighted by Gasteiger charge is -2.11. The molecule has 0 saturated carbocycles. The summed E-state index contributed by atoms with van der Waals surface area (Å²) in [7, 11) is 0. The average molecular weight is 357 g/mol. The molecule has 66 valence electrons. The van der Waals surface area contributed by atoms with E-state index in [0.717, 1.165) is 0 Å². The molecule has 0 saturated heterocycles. The van der Waals surface area contributed by atoms with Gasteiger partial charge in [-0.05, 0) is 37.5 Å². The van der Waals surface area contributed by atoms with Gasteiger partial charge in [-0.3, -0.25) is 0 Å². The van der Waals surface area contributed by atoms with E-state index >= 15 is 0 Å². The lowest BCUT2D eigenvalue weighted by molar-refractivity contribution is 1.23. The van der Waals surface area contributed by atoms with Gasteiger partial charge in [-0.2, -0.15) is 0 Å². The lowest BCUT2D eigenvalue weighted by atomic mass is 10.1. The summed E-state index contributed by atoms with van der Waals surface area (Å²) in [6.07, 6.45) is 0. The molecule has 0 amide bonds. The second kappa shape index (κ2) is 3.81. The largest absolute Gasteiger partial charge is 0.0502 e. The smallest absolute Gasteiger partial charge is 0.0256 e. The van der Waals surface area contributed by atoms with E-state index in [1.165, 1.54) is 30.1 Å². The molecule has 0 atom stereocenters. The Balaban J connectivity index is 3.60. The number of halogens is 3. The van der Waals surface area contributed by atoms with Gasteiger partial charge >= 0.3 is 0 Å². The van der Waals surface area contributed by atoms with E-state index in [1.807, 2.05) is 0 Å². The van der Waals surface area contributed by atoms with Crippen LogP contribution in [0.15, 0.2) is 13.4 Å². The van der Waals surface area contributed by atoms with Gasteiger partial charge in [0.05, 0.1) is 0 Å². The molecule has 1 aromatic carbocycles. The highest BCUT2D eigenvalue weighted by Gasteiger charge is 2.11. The van der Waals surface area contributed by atoms with Gasteiger partial charge in [0, 0.05) is 13.4 Å². The molecule has 0 aromatic heterocycles. The van der Waals surface area contributed by atoms with Crippen molar-refractivity contribution in [2.45, 2.75) is 20.8 Å². The topological polar surface area (TPSA) is 0 Å². The summed E-state index contributed by atoms with van der Waals surface area (Å²) in [6.45, 7) is 6.29. The van der Waals surface area contributed by atoms with Crippen molar-refractivity contribution in [1.29, 1.82) is 0 Å². The number of hydrogen-bond donors (Lipinski definition) is 0. The molecule has 0 spiro atoms. The summed E-state index contributed by atoms with van der Waals surface area (Å²) in [4.78, 5) is 0. The van der Waals surface area contributed by atoms with Crippen molar-refractivity contribution in [2.75, 3.05) is 0 Å². The first-order valence-electron chi connectivity index (χ1n) is 3.57. The molecular formula is C9H9Br3. The highest BCUT2D eigenvalue weighted by Crippen LogP contribution is 2.36. The first kappa shape index (κ1) is 10.7. The highest BCUT2D eigenvalue weighted by molar-refractivity contribution is 9.11. The molecule has 0 aliphatic heterocycles. The molecule has 0 N–H and O–H groups in total. The molecule has 0 unspecified atom stereocenters. The van der Waals surface area contributed by atoms with E-state index in [-0.39, 0.29) is 0 Å². The number of hydrogen-bond acceptors (Lipinski definition) is 0. The van der Waals surface area contributed by atoms with Gasteiger partial charge in [0.1, 0.15) is 0 Å². The molecule has 0 fully saturated rings. The monoisotopic (exact) mass is 354 g/mol. The standard InChI is InChI=1S/C9H9Br3/c1-4-7(10)5(2)9(12)6(3)8(4)11/h1-3H3. The number of benzene rings is 1. The Kier molecular flexibility index (Phi) is 3.41. The van der Waals surface area contributed by atoms with Crippen molar-refractivity contribution in [1.82, 2.24) is 0 Å². The minimum Gasteiger partial charge on any atom is -0.0502 e. The van der Waals surface area contributed by atoms with Crippen LogP contribution >= 0.6 is 47.8 Å². The predicted octanol–water partition coefficient (Wildman–Crippen LogP) is 4.90. The maximum absolute atomic E-state index is 3.55. The van der Waals surface area contributed by atoms with Crippen molar-refractivity contribution in [2.24, 2.45) is 0 Å². The Morgan fingerprint density at radius 2 is 0.750 bits per heavy atom. The Morgan fingerprint density at radius 1 is 0.583 bits per heavy atom. The van der Waals surface area contributed by atoms with Crippen molar-refractivity contribution in [3.8, 4) is 0 Å². The summed E-state index contributed by atoms with van der Waals surface area (Å²) in [5.41, 5.74) is 3.77. The van der Waals surface area contributed by atoms with Crippen molar-refractivity contribution >= 4 is 47.8 Å². The minimum atomic E-state index is 1.17. The van der Waals surface area contributed by atoms with E-state index in [9.17, 15) is 0 Å². The van der Waals surface area contributed by atoms with Gasteiger partial charge in [0.15, 0.2) is 0 Å². The van der Waals surface area contributed by atoms with Crippen LogP contribution in [0.3, 0.4) is 0 Å². The lowest BCUT2D eigenvalue weighted by Crippen LogP contribution is -1.90. The van der Waals surface area contributed by atoms with Crippen LogP contribution in [0.5, 0.6) is 0 Å². The molecule has 0 heterocycles. The third-order valence-electron chi connectivity index (χ3n) is 1.98. The van der Waals surface area contributed by atoms with Crippen LogP contribution < -0.4 is 0 Å². The third kappa shape index (κ3) is 1.64. The van der Waals surface area contributed by atoms with Gasteiger partial charge in [0.2, 0.25) is 0 Å². The Morgan fingerprint density at radius 3 is 0.917 bits per heavy atom. The molecule has 12 heavy (non-hydrogen) atoms. The van der Waals surface area contributed by atoms with E-state index < -0.39 is 0 Å². The molecule has 3 heteroatoms. The fraction of sp³-hybridized carbons (Fsp3) is 0.333. The molecule has 1 rings (SSSR count). The first-order valence-corrected chi connectivity index (χ1v) is 5.95. The zero-order valence-corrected chi connectivity index (χ0v) is 11.9. The predicted molar refractivity (Wildman–Crippen MR) is 63.8 cm³/mol. The van der Waals surface area contributed by atoms with Crippen LogP contribution in [0.4, 0.5) is 0 Å². The second-order valence-corrected chi connectivity index (χ2v) is 5.20. The van der Waals surface area contributed by atoms with E-state index in [0.29, 0.717) is 0 Å². The number of rotatable bonds is 0. The molecule has 0 radical (unpaired) electrons. The normalized spacial score (nSPS) is 10.5. The first-order chi connectivity index (χ1) is 5.46. The molecule has 0 nitrogen and oxygen atoms in total. The Hall–Kier alpha value is 0.660. The van der Waals surface area contributed by atoms with E-state index in [4.69, 9.17) is 0 Å². The summed E-state index contributed by atoms with van der Waals surface area (Å²) < 4.78 is 3.52. The third-order valence-corrected chi connectivity index (χ3v) is 5.54. The Labute approximate surface area is 98.1 Å². The maximum Gasteiger partial charge on any atom is 0.0256 e. The maximum atomic E-state index is 3.55. The SMILES string of the molecule is Cc1c(Br)c(C)c(Br)c(C)c1Br. The molecule has 0 bridgehead atoms. The molecule has 0 aliphatic carbocycles. The fourth-order valence-corrected chi connectivity index (χ4v) is 3.12. The van der Waals surface area contributed by atoms with Crippen LogP contribution in [0.1, 0.15) is 16.7 Å². The zero-order valence-electron chi connectivity index (χ0n) is 7.13. The quantitative estimate of drug-likeness (QED) is 0.620. The summed E-state index contributed by atoms with van der Waals surface area (Å²) >= 11 is 10.7. The van der Waals surface area contributed by atoms with Crippen LogP contribution in [0.2, 0.25) is 0 Å². The van der Waals surface area contributed by atoms with E-state index in [1.54, 1.807) is 0 Å². The van der Waals surface area contributed by atoms with Gasteiger partial charge < -0.3 is 0 Å². The van der Waals surface area contributed by atoms with E-state index in [2.05, 4.69) is 68.6 Å². The van der Waals surface area contributed by atoms with Gasteiger partial charge in [-0.1, -0.05) is 47.8 Å². The van der Waals surface area contributed by atoms with Crippen LogP contribution in [-0.2, 0) is 0 Å². The van der Waals surface area contributed by atoms with Crippen LogP contribution in [0, 0.1) is 20.8 Å². The van der Waals surface area contributed by atoms with Crippen molar-refractivity contribution < 1.29 is 0 Å². The fourth-order valence-electron chi connectivity index (χ4n) is 1.13. The summed E-state index contributed by atoms with van der Waals surface area (Å²) in [5, 5.41) is 0. The van der Waals surface area contributed by atoms with Gasteiger partial charge in [-0.15, -0.1) is 0 Å². The minimum absolute atomic E-state index is 1.17. The van der Waals surface area contributed by atoms with Gasteiger partial charge in [-0.25, -0.2) is 0 Å². The van der Waals surface area contributed by atoms with Crippen molar-refractivity contribution in [3.05, 3.63) is 30.1 Å². The van der Waals surface area contributed by atoms with Crippen LogP contribution in [0.25, 0.3) is 0 Å². The van der Waals surface area contributed by atoms with Crippen molar-refractivity contribution in [3.63, 3.8) is 0 Å². The van der Waals surface area contributed by atoms with Gasteiger partial charge in [0.25, 0.3) is 0 Å². The van der Waals surface area contributed by atoms with Crippen LogP contribution in [-0.4, -0.2) is 0 Å². The average Bonchev–Trinajstić information content (AvgIpc) is 2.08. The molecular weight excluding hydrogens is 348 g/mol.